The summed E-state index contributed by atoms with van der Waals surface area (Å²) < 4.78 is 1.75. The number of hydrogen-bond acceptors (Lipinski definition) is 6. The zero-order chi connectivity index (χ0) is 32.4. The summed E-state index contributed by atoms with van der Waals surface area (Å²) in [7, 11) is 1.79. The Hall–Kier alpha value is -4.74. The summed E-state index contributed by atoms with van der Waals surface area (Å²) in [6.07, 6.45) is 4.03. The number of Topliss-reactive ketones (excluding diaryl/α,β-unsaturated/α-hetero) is 1. The van der Waals surface area contributed by atoms with Crippen molar-refractivity contribution < 1.29 is 19.2 Å². The smallest absolute Gasteiger partial charge is 0.243 e. The molecule has 12 heteroatoms. The lowest BCUT2D eigenvalue weighted by Crippen LogP contribution is -2.60. The SMILES string of the molecule is Cn1c(C(=O)[C@H](CC2CCCN(C(=N)N)C2)NC(=O)[C@@H]2CC[C@H]3CN(C(=O)CCc4ccccc4)CC(=O)N32)nc2ccccc21. The fourth-order valence-corrected chi connectivity index (χ4v) is 7.34. The normalized spacial score (nSPS) is 22.1. The number of imidazole rings is 1. The maximum atomic E-state index is 14.1. The molecule has 1 aromatic heterocycles. The number of nitrogens with one attached hydrogen (secondary N) is 2. The molecule has 3 amide bonds. The van der Waals surface area contributed by atoms with Crippen LogP contribution in [0.3, 0.4) is 0 Å². The fourth-order valence-electron chi connectivity index (χ4n) is 7.34. The minimum absolute atomic E-state index is 0.000150. The van der Waals surface area contributed by atoms with Crippen LogP contribution in [0.25, 0.3) is 11.0 Å². The van der Waals surface area contributed by atoms with Crippen molar-refractivity contribution in [2.75, 3.05) is 26.2 Å². The van der Waals surface area contributed by atoms with Crippen LogP contribution in [-0.2, 0) is 27.9 Å². The van der Waals surface area contributed by atoms with E-state index in [2.05, 4.69) is 10.3 Å². The second kappa shape index (κ2) is 13.3. The van der Waals surface area contributed by atoms with Crippen LogP contribution < -0.4 is 11.1 Å². The van der Waals surface area contributed by atoms with Crippen LogP contribution in [0.5, 0.6) is 0 Å². The highest BCUT2D eigenvalue weighted by Crippen LogP contribution is 2.30. The number of ketones is 1. The summed E-state index contributed by atoms with van der Waals surface area (Å²) in [6.45, 7) is 1.56. The first kappa shape index (κ1) is 31.3. The van der Waals surface area contributed by atoms with Crippen molar-refractivity contribution in [2.24, 2.45) is 18.7 Å². The lowest BCUT2D eigenvalue weighted by Gasteiger charge is -2.39. The van der Waals surface area contributed by atoms with Crippen LogP contribution in [0.1, 0.15) is 54.7 Å². The van der Waals surface area contributed by atoms with Crippen LogP contribution in [0.4, 0.5) is 0 Å². The highest BCUT2D eigenvalue weighted by atomic mass is 16.2. The fraction of sp³-hybridized carbons (Fsp3) is 0.471. The molecule has 4 heterocycles. The molecule has 3 aliphatic heterocycles. The van der Waals surface area contributed by atoms with E-state index in [4.69, 9.17) is 11.1 Å². The van der Waals surface area contributed by atoms with Gasteiger partial charge in [-0.2, -0.15) is 0 Å². The number of piperidine rings is 1. The van der Waals surface area contributed by atoms with Crippen molar-refractivity contribution in [1.82, 2.24) is 29.6 Å². The molecule has 2 aromatic carbocycles. The molecule has 0 saturated carbocycles. The van der Waals surface area contributed by atoms with Gasteiger partial charge >= 0.3 is 0 Å². The number of para-hydroxylation sites is 2. The topological polar surface area (TPSA) is 158 Å². The van der Waals surface area contributed by atoms with E-state index in [1.54, 1.807) is 26.3 Å². The van der Waals surface area contributed by atoms with Gasteiger partial charge in [0.15, 0.2) is 11.8 Å². The number of aryl methyl sites for hydroxylation is 2. The van der Waals surface area contributed by atoms with Gasteiger partial charge in [-0.05, 0) is 62.1 Å². The average molecular weight is 627 g/mol. The van der Waals surface area contributed by atoms with Crippen molar-refractivity contribution in [3.63, 3.8) is 0 Å². The molecule has 4 atom stereocenters. The quantitative estimate of drug-likeness (QED) is 0.186. The maximum absolute atomic E-state index is 14.1. The maximum Gasteiger partial charge on any atom is 0.243 e. The molecule has 12 nitrogen and oxygen atoms in total. The largest absolute Gasteiger partial charge is 0.370 e. The number of rotatable bonds is 9. The van der Waals surface area contributed by atoms with Crippen LogP contribution in [0.15, 0.2) is 54.6 Å². The Morgan fingerprint density at radius 2 is 1.78 bits per heavy atom. The first-order valence-corrected chi connectivity index (χ1v) is 16.2. The Morgan fingerprint density at radius 3 is 2.54 bits per heavy atom. The van der Waals surface area contributed by atoms with Gasteiger partial charge in [0, 0.05) is 33.1 Å². The van der Waals surface area contributed by atoms with Crippen LogP contribution in [-0.4, -0.2) is 98.0 Å². The Balaban J connectivity index is 1.16. The molecule has 4 N–H and O–H groups in total. The van der Waals surface area contributed by atoms with Gasteiger partial charge in [0.25, 0.3) is 0 Å². The van der Waals surface area contributed by atoms with E-state index in [-0.39, 0.29) is 53.8 Å². The molecule has 0 aliphatic carbocycles. The lowest BCUT2D eigenvalue weighted by molar-refractivity contribution is -0.151. The summed E-state index contributed by atoms with van der Waals surface area (Å²) in [5.41, 5.74) is 8.36. The van der Waals surface area contributed by atoms with E-state index in [9.17, 15) is 19.2 Å². The average Bonchev–Trinajstić information content (AvgIpc) is 3.65. The number of nitrogens with zero attached hydrogens (tertiary/aromatic N) is 5. The molecule has 3 saturated heterocycles. The van der Waals surface area contributed by atoms with E-state index in [0.29, 0.717) is 57.3 Å². The Kier molecular flexibility index (Phi) is 9.05. The number of piperazine rings is 1. The molecule has 0 radical (unpaired) electrons. The summed E-state index contributed by atoms with van der Waals surface area (Å²) in [5.74, 6) is -0.675. The zero-order valence-corrected chi connectivity index (χ0v) is 26.2. The molecule has 3 aromatic rings. The van der Waals surface area contributed by atoms with Crippen LogP contribution >= 0.6 is 0 Å². The van der Waals surface area contributed by atoms with E-state index < -0.39 is 12.1 Å². The minimum atomic E-state index is -0.866. The number of guanidine groups is 1. The standard InChI is InChI=1S/C34H42N8O4/c1-39-27-12-6-5-11-25(27)37-32(39)31(45)26(18-23-10-7-17-40(19-23)34(35)36)38-33(46)28-15-14-24-20-41(21-30(44)42(24)28)29(43)16-13-22-8-3-2-4-9-22/h2-6,8-9,11-12,23-24,26,28H,7,10,13-21H2,1H3,(H3,35,36)(H,38,46)/t23?,24-,26-,28-/m0/s1. The van der Waals surface area contributed by atoms with Crippen molar-refractivity contribution in [1.29, 1.82) is 5.41 Å². The van der Waals surface area contributed by atoms with Gasteiger partial charge in [0.2, 0.25) is 23.5 Å². The molecule has 0 bridgehead atoms. The van der Waals surface area contributed by atoms with Crippen molar-refractivity contribution >= 4 is 40.5 Å². The predicted octanol–water partition coefficient (Wildman–Crippen LogP) is 2.07. The molecule has 46 heavy (non-hydrogen) atoms. The Bertz CT molecular complexity index is 1640. The Morgan fingerprint density at radius 1 is 1.02 bits per heavy atom. The summed E-state index contributed by atoms with van der Waals surface area (Å²) in [5, 5.41) is 10.9. The zero-order valence-electron chi connectivity index (χ0n) is 26.2. The first-order valence-electron chi connectivity index (χ1n) is 16.2. The van der Waals surface area contributed by atoms with Gasteiger partial charge in [-0.3, -0.25) is 24.6 Å². The number of benzene rings is 2. The predicted molar refractivity (Wildman–Crippen MR) is 173 cm³/mol. The number of carbonyl (C=O) groups excluding carboxylic acids is 4. The first-order chi connectivity index (χ1) is 22.2. The number of hydrogen-bond donors (Lipinski definition) is 3. The molecule has 1 unspecified atom stereocenters. The number of nitrogens with two attached hydrogens (primary N) is 1. The molecule has 3 fully saturated rings. The van der Waals surface area contributed by atoms with Crippen LogP contribution in [0, 0.1) is 11.3 Å². The van der Waals surface area contributed by atoms with Gasteiger partial charge in [-0.15, -0.1) is 0 Å². The highest BCUT2D eigenvalue weighted by molar-refractivity contribution is 6.02. The highest BCUT2D eigenvalue weighted by Gasteiger charge is 2.46. The second-order valence-electron chi connectivity index (χ2n) is 12.8. The number of fused-ring (bicyclic) bond motifs is 2. The van der Waals surface area contributed by atoms with Crippen LogP contribution in [0.2, 0.25) is 0 Å². The minimum Gasteiger partial charge on any atom is -0.370 e. The van der Waals surface area contributed by atoms with E-state index >= 15 is 0 Å². The summed E-state index contributed by atoms with van der Waals surface area (Å²) >= 11 is 0. The number of amides is 3. The summed E-state index contributed by atoms with van der Waals surface area (Å²) in [6, 6.07) is 15.5. The third kappa shape index (κ3) is 6.47. The molecular weight excluding hydrogens is 584 g/mol. The number of carbonyl (C=O) groups is 4. The van der Waals surface area contributed by atoms with Gasteiger partial charge < -0.3 is 30.3 Å². The van der Waals surface area contributed by atoms with Gasteiger partial charge in [0.05, 0.1) is 29.7 Å². The number of likely N-dealkylation sites (tertiary alicyclic amines) is 1. The van der Waals surface area contributed by atoms with E-state index in [0.717, 1.165) is 23.9 Å². The van der Waals surface area contributed by atoms with Crippen molar-refractivity contribution in [3.05, 3.63) is 66.0 Å². The van der Waals surface area contributed by atoms with Gasteiger partial charge in [-0.25, -0.2) is 4.98 Å². The molecule has 3 aliphatic rings. The van der Waals surface area contributed by atoms with Crippen molar-refractivity contribution in [3.8, 4) is 0 Å². The van der Waals surface area contributed by atoms with Gasteiger partial charge in [0.1, 0.15) is 6.04 Å². The van der Waals surface area contributed by atoms with E-state index in [1.165, 1.54) is 0 Å². The third-order valence-electron chi connectivity index (χ3n) is 9.74. The van der Waals surface area contributed by atoms with E-state index in [1.807, 2.05) is 54.6 Å². The monoisotopic (exact) mass is 626 g/mol. The van der Waals surface area contributed by atoms with Gasteiger partial charge in [-0.1, -0.05) is 42.5 Å². The second-order valence-corrected chi connectivity index (χ2v) is 12.8. The third-order valence-corrected chi connectivity index (χ3v) is 9.74. The number of aromatic nitrogens is 2. The molecule has 0 spiro atoms. The lowest BCUT2D eigenvalue weighted by atomic mass is 9.89. The summed E-state index contributed by atoms with van der Waals surface area (Å²) in [4.78, 5) is 64.1. The molecule has 242 valence electrons. The Labute approximate surface area is 268 Å². The molecular formula is C34H42N8O4. The van der Waals surface area contributed by atoms with Crippen molar-refractivity contribution in [2.45, 2.75) is 63.1 Å². The molecule has 6 rings (SSSR count).